The quantitative estimate of drug-likeness (QED) is 0.425. The Bertz CT molecular complexity index is 103. The fourth-order valence-corrected chi connectivity index (χ4v) is 0.0189. The summed E-state index contributed by atoms with van der Waals surface area (Å²) < 4.78 is 10.6. The zero-order valence-electron chi connectivity index (χ0n) is 2.65. The normalized spacial score (nSPS) is 10.5. The van der Waals surface area contributed by atoms with Crippen LogP contribution in [0.15, 0.2) is 5.21 Å². The van der Waals surface area contributed by atoms with Gasteiger partial charge < -0.3 is 0 Å². The molecule has 2 nitrogen and oxygen atoms in total. The monoisotopic (exact) mass is 106 g/mol. The molecule has 0 aromatic carbocycles. The van der Waals surface area contributed by atoms with Crippen molar-refractivity contribution in [3.63, 3.8) is 0 Å². The van der Waals surface area contributed by atoms with Crippen LogP contribution in [0, 0.1) is 11.3 Å². The van der Waals surface area contributed by atoms with E-state index in [1.165, 1.54) is 6.07 Å². The Morgan fingerprint density at radius 3 is 2.50 bits per heavy atom. The van der Waals surface area contributed by atoms with Gasteiger partial charge in [0, 0.05) is 0 Å². The number of nitrogens with zero attached hydrogens (tertiary/aromatic N) is 2. The van der Waals surface area contributed by atoms with Gasteiger partial charge in [-0.1, -0.05) is 9.70 Å². The van der Waals surface area contributed by atoms with E-state index in [4.69, 9.17) is 5.26 Å². The van der Waals surface area contributed by atoms with E-state index < -0.39 is 5.17 Å². The highest BCUT2D eigenvalue weighted by atomic mass is 35.5. The Hall–Kier alpha value is -0.620. The van der Waals surface area contributed by atoms with E-state index in [-0.39, 0.29) is 0 Å². The molecule has 0 amide bonds. The third-order valence-corrected chi connectivity index (χ3v) is 0.315. The second-order valence-electron chi connectivity index (χ2n) is 0.487. The summed E-state index contributed by atoms with van der Waals surface area (Å²) in [7, 11) is 0. The first-order chi connectivity index (χ1) is 2.81. The molecule has 0 N–H and O–H groups in total. The Morgan fingerprint density at radius 2 is 2.50 bits per heavy atom. The molecule has 0 heterocycles. The molecule has 0 aliphatic carbocycles. The van der Waals surface area contributed by atoms with Gasteiger partial charge in [0.05, 0.1) is 0 Å². The van der Waals surface area contributed by atoms with Crippen molar-refractivity contribution >= 4 is 16.8 Å². The average Bonchev–Trinajstić information content (AvgIpc) is 1.65. The number of nitriles is 1. The van der Waals surface area contributed by atoms with Gasteiger partial charge in [-0.15, -0.1) is 0 Å². The molecular weight excluding hydrogens is 106 g/mol. The first-order valence-electron chi connectivity index (χ1n) is 1.06. The van der Waals surface area contributed by atoms with Crippen LogP contribution in [0.2, 0.25) is 0 Å². The van der Waals surface area contributed by atoms with Crippen molar-refractivity contribution in [3.05, 3.63) is 0 Å². The molecule has 0 rings (SSSR count). The van der Waals surface area contributed by atoms with Gasteiger partial charge in [0.25, 0.3) is 0 Å². The molecule has 0 saturated carbocycles. The third kappa shape index (κ3) is 1.68. The molecule has 0 saturated heterocycles. The molecule has 0 atom stereocenters. The predicted molar refractivity (Wildman–Crippen MR) is 20.0 cm³/mol. The van der Waals surface area contributed by atoms with Crippen LogP contribution in [0.4, 0.5) is 4.48 Å². The SMILES string of the molecule is N#C/C(Cl)=N\F. The molecule has 0 spiro atoms. The fourth-order valence-electron chi connectivity index (χ4n) is 0.0189. The van der Waals surface area contributed by atoms with E-state index in [2.05, 4.69) is 11.6 Å². The van der Waals surface area contributed by atoms with Gasteiger partial charge in [-0.3, -0.25) is 0 Å². The molecule has 0 aliphatic rings. The second-order valence-corrected chi connectivity index (χ2v) is 0.845. The maximum atomic E-state index is 10.6. The lowest BCUT2D eigenvalue weighted by molar-refractivity contribution is 0.540. The van der Waals surface area contributed by atoms with E-state index >= 15 is 0 Å². The van der Waals surface area contributed by atoms with E-state index in [1.807, 2.05) is 5.21 Å². The van der Waals surface area contributed by atoms with Gasteiger partial charge in [0.1, 0.15) is 6.07 Å². The Balaban J connectivity index is 3.61. The smallest absolute Gasteiger partial charge is 0.190 e. The molecule has 0 bridgehead atoms. The zero-order chi connectivity index (χ0) is 4.99. The molecule has 0 unspecified atom stereocenters. The number of hydrogen-bond donors (Lipinski definition) is 0. The van der Waals surface area contributed by atoms with Crippen molar-refractivity contribution in [3.8, 4) is 6.07 Å². The summed E-state index contributed by atoms with van der Waals surface area (Å²) >= 11 is 4.66. The van der Waals surface area contributed by atoms with Crippen LogP contribution in [-0.4, -0.2) is 5.17 Å². The van der Waals surface area contributed by atoms with Crippen molar-refractivity contribution in [2.45, 2.75) is 0 Å². The van der Waals surface area contributed by atoms with Crippen LogP contribution < -0.4 is 0 Å². The summed E-state index contributed by atoms with van der Waals surface area (Å²) in [4.78, 5) is 0. The summed E-state index contributed by atoms with van der Waals surface area (Å²) in [5, 5.41) is 8.74. The summed E-state index contributed by atoms with van der Waals surface area (Å²) in [6.07, 6.45) is 0. The standard InChI is InChI=1S/C2ClFN2/c3-2(1-5)6-4/b6-2+. The Labute approximate surface area is 38.8 Å². The van der Waals surface area contributed by atoms with Crippen molar-refractivity contribution < 1.29 is 4.48 Å². The number of halogens is 2. The van der Waals surface area contributed by atoms with Crippen LogP contribution in [0.1, 0.15) is 0 Å². The fraction of sp³-hybridized carbons (Fsp3) is 0. The molecule has 4 heteroatoms. The van der Waals surface area contributed by atoms with Crippen LogP contribution >= 0.6 is 11.6 Å². The summed E-state index contributed by atoms with van der Waals surface area (Å²) in [6.45, 7) is 0. The van der Waals surface area contributed by atoms with Crippen LogP contribution in [0.3, 0.4) is 0 Å². The first kappa shape index (κ1) is 5.38. The van der Waals surface area contributed by atoms with E-state index in [1.54, 1.807) is 0 Å². The Kier molecular flexibility index (Phi) is 2.34. The van der Waals surface area contributed by atoms with Gasteiger partial charge >= 0.3 is 0 Å². The van der Waals surface area contributed by atoms with Gasteiger partial charge in [-0.2, -0.15) is 5.26 Å². The van der Waals surface area contributed by atoms with Crippen LogP contribution in [0.25, 0.3) is 0 Å². The van der Waals surface area contributed by atoms with E-state index in [0.717, 1.165) is 0 Å². The van der Waals surface area contributed by atoms with E-state index in [0.29, 0.717) is 0 Å². The van der Waals surface area contributed by atoms with Crippen molar-refractivity contribution in [1.29, 1.82) is 5.26 Å². The zero-order valence-corrected chi connectivity index (χ0v) is 3.41. The van der Waals surface area contributed by atoms with Crippen molar-refractivity contribution in [1.82, 2.24) is 0 Å². The topological polar surface area (TPSA) is 36.1 Å². The van der Waals surface area contributed by atoms with Gasteiger partial charge in [-0.25, -0.2) is 0 Å². The predicted octanol–water partition coefficient (Wildman–Crippen LogP) is 1.03. The minimum atomic E-state index is -0.671. The van der Waals surface area contributed by atoms with Crippen molar-refractivity contribution in [2.24, 2.45) is 5.21 Å². The molecule has 0 aliphatic heterocycles. The number of rotatable bonds is 0. The lowest BCUT2D eigenvalue weighted by atomic mass is 10.9. The van der Waals surface area contributed by atoms with E-state index in [9.17, 15) is 4.48 Å². The minimum Gasteiger partial charge on any atom is -0.190 e. The lowest BCUT2D eigenvalue weighted by Gasteiger charge is -1.61. The molecule has 0 fully saturated rings. The highest BCUT2D eigenvalue weighted by molar-refractivity contribution is 6.69. The van der Waals surface area contributed by atoms with Crippen molar-refractivity contribution in [2.75, 3.05) is 0 Å². The molecule has 0 radical (unpaired) electrons. The van der Waals surface area contributed by atoms with Crippen LogP contribution in [-0.2, 0) is 0 Å². The minimum absolute atomic E-state index is 0.671. The molecule has 6 heavy (non-hydrogen) atoms. The van der Waals surface area contributed by atoms with Gasteiger partial charge in [-0.05, 0) is 11.6 Å². The largest absolute Gasteiger partial charge is 0.239 e. The maximum Gasteiger partial charge on any atom is 0.239 e. The molecular formula is C2ClFN2. The Morgan fingerprint density at radius 1 is 2.00 bits per heavy atom. The average molecular weight is 106 g/mol. The van der Waals surface area contributed by atoms with Gasteiger partial charge in [0.2, 0.25) is 5.17 Å². The molecule has 32 valence electrons. The summed E-state index contributed by atoms with van der Waals surface area (Å²) in [6, 6.07) is 1.26. The van der Waals surface area contributed by atoms with Crippen LogP contribution in [0.5, 0.6) is 0 Å². The third-order valence-electron chi connectivity index (χ3n) is 0.166. The second kappa shape index (κ2) is 2.61. The summed E-state index contributed by atoms with van der Waals surface area (Å²) in [5.74, 6) is 0. The molecule has 0 aromatic rings. The number of hydrogen-bond acceptors (Lipinski definition) is 2. The highest BCUT2D eigenvalue weighted by Gasteiger charge is 1.81. The highest BCUT2D eigenvalue weighted by Crippen LogP contribution is 1.80. The maximum absolute atomic E-state index is 10.6. The lowest BCUT2D eigenvalue weighted by Crippen LogP contribution is -1.71. The summed E-state index contributed by atoms with van der Waals surface area (Å²) in [5.41, 5.74) is 0. The first-order valence-corrected chi connectivity index (χ1v) is 1.43. The molecule has 0 aromatic heterocycles. The van der Waals surface area contributed by atoms with Gasteiger partial charge in [0.15, 0.2) is 0 Å².